The number of hydrogen-bond donors (Lipinski definition) is 7. The summed E-state index contributed by atoms with van der Waals surface area (Å²) in [5.41, 5.74) is 13.0. The number of fused-ring (bicyclic) bond motifs is 8. The van der Waals surface area contributed by atoms with Crippen LogP contribution in [0, 0.1) is 27.7 Å². The van der Waals surface area contributed by atoms with Crippen LogP contribution < -0.4 is 88.1 Å². The largest absolute Gasteiger partial charge is 1.00 e. The number of carbonyl (C=O) groups is 3. The van der Waals surface area contributed by atoms with Crippen LogP contribution in [0.1, 0.15) is 136 Å². The van der Waals surface area contributed by atoms with E-state index in [4.69, 9.17) is 24.9 Å². The minimum atomic E-state index is -3.67. The van der Waals surface area contributed by atoms with Crippen LogP contribution in [0.15, 0.2) is 189 Å². The van der Waals surface area contributed by atoms with Crippen LogP contribution in [0.25, 0.3) is 0 Å². The van der Waals surface area contributed by atoms with Crippen LogP contribution in [-0.2, 0) is 64.1 Å². The molecule has 11 N–H and O–H groups in total. The first-order chi connectivity index (χ1) is 48.8. The fourth-order valence-electron chi connectivity index (χ4n) is 13.2. The van der Waals surface area contributed by atoms with Gasteiger partial charge in [-0.15, -0.1) is 0 Å². The van der Waals surface area contributed by atoms with Crippen molar-refractivity contribution in [2.45, 2.75) is 117 Å². The number of aliphatic carboxylic acids is 3. The molecule has 0 aromatic heterocycles. The van der Waals surface area contributed by atoms with Gasteiger partial charge in [-0.25, -0.2) is 33.7 Å². The Morgan fingerprint density at radius 3 is 0.804 bits per heavy atom. The summed E-state index contributed by atoms with van der Waals surface area (Å²) in [6, 6.07) is 51.5. The van der Waals surface area contributed by atoms with Crippen molar-refractivity contribution in [1.29, 1.82) is 0 Å². The number of unbranched alkanes of at least 4 members (excludes halogenated alkanes) is 1. The molecule has 4 aliphatic rings. The number of benzene rings is 8. The van der Waals surface area contributed by atoms with E-state index < -0.39 is 58.0 Å². The number of para-hydroxylation sites is 4. The first-order valence-corrected chi connectivity index (χ1v) is 39.3. The molecule has 0 fully saturated rings. The third kappa shape index (κ3) is 20.7. The highest BCUT2D eigenvalue weighted by Crippen LogP contribution is 2.43. The molecule has 0 radical (unpaired) electrons. The monoisotopic (exact) mass is 1630 g/mol. The number of sulfonamides is 4. The van der Waals surface area contributed by atoms with Gasteiger partial charge in [-0.3, -0.25) is 31.6 Å². The van der Waals surface area contributed by atoms with Gasteiger partial charge in [0, 0.05) is 79.1 Å². The third-order valence-corrected chi connectivity index (χ3v) is 25.8. The normalized spacial score (nSPS) is 17.1. The number of aryl methyl sites for hydroxylation is 4. The minimum absolute atomic E-state index is 0. The Balaban J connectivity index is 0.000000294. The van der Waals surface area contributed by atoms with Crippen molar-refractivity contribution in [3.8, 4) is 0 Å². The lowest BCUT2D eigenvalue weighted by atomic mass is 9.96. The summed E-state index contributed by atoms with van der Waals surface area (Å²) in [4.78, 5) is 50.0. The zero-order valence-electron chi connectivity index (χ0n) is 60.4. The molecule has 4 atom stereocenters. The Kier molecular flexibility index (Phi) is 33.7. The molecule has 0 spiro atoms. The molecule has 0 amide bonds. The highest BCUT2D eigenvalue weighted by atomic mass is 35.5. The summed E-state index contributed by atoms with van der Waals surface area (Å²) in [5.74, 6) is -2.53. The molecule has 8 aromatic carbocycles. The molecule has 4 aliphatic heterocycles. The number of quaternary nitrogens is 4. The van der Waals surface area contributed by atoms with Gasteiger partial charge in [0.2, 0.25) is 0 Å². The van der Waals surface area contributed by atoms with Gasteiger partial charge in [-0.2, -0.15) is 9.59 Å². The van der Waals surface area contributed by atoms with E-state index in [1.807, 2.05) is 160 Å². The Morgan fingerprint density at radius 1 is 0.346 bits per heavy atom. The topological polar surface area (TPSA) is 362 Å². The summed E-state index contributed by atoms with van der Waals surface area (Å²) < 4.78 is 110. The Labute approximate surface area is 651 Å². The first-order valence-electron chi connectivity index (χ1n) is 33.6. The van der Waals surface area contributed by atoms with E-state index in [9.17, 15) is 48.1 Å². The van der Waals surface area contributed by atoms with Gasteiger partial charge in [-0.05, 0) is 118 Å². The number of halogens is 4. The van der Waals surface area contributed by atoms with Crippen LogP contribution in [0.4, 0.5) is 22.7 Å². The molecule has 32 heteroatoms. The summed E-state index contributed by atoms with van der Waals surface area (Å²) in [7, 11) is -8.17. The van der Waals surface area contributed by atoms with E-state index in [0.717, 1.165) is 87.3 Å². The summed E-state index contributed by atoms with van der Waals surface area (Å²) >= 11 is 0. The number of anilines is 4. The maximum absolute atomic E-state index is 13.2. The Hall–Kier alpha value is -8.45. The molecule has 0 saturated heterocycles. The molecule has 8 aromatic rings. The Bertz CT molecular complexity index is 4830. The number of nitrogens with two attached hydrogens (primary N) is 4. The molecule has 12 rings (SSSR count). The Morgan fingerprint density at radius 2 is 0.570 bits per heavy atom. The van der Waals surface area contributed by atoms with Crippen molar-refractivity contribution in [1.82, 2.24) is 0 Å². The predicted molar refractivity (Wildman–Crippen MR) is 389 cm³/mol. The van der Waals surface area contributed by atoms with Crippen molar-refractivity contribution in [2.75, 3.05) is 71.6 Å². The van der Waals surface area contributed by atoms with E-state index in [1.165, 1.54) is 17.2 Å². The zero-order chi connectivity index (χ0) is 75.3. The standard InChI is InChI=1S/C20H24N2O4S.2C18H20N2O4S.C18H22N2O2S.CO2.4ClH/c1-14-10-11-16-18(13-14)27(25,26)22(2)17-8-4-3-7-15(17)20(16)21-12-6-5-9-19(23)24;2*1-12-7-8-14-16(11-12)25(23,24)20(2)15-6-4-3-5-13(15)18(14)19-10-9-17(21)22;1-4-11-19-18-14-7-5-6-8-16(14)20(3)23(21,22)17-12-13(2)9-10-15(17)18;2-1-3;;;;/h3-4,7-8,10-11,13,20-21H,5-6,9,12H2,1-2H3,(H,23,24);2*3-8,11,18-19H,9-10H2,1-2H3,(H,21,22);5-10,12,18-19H,4,11H2,1-3H3;;4*1H. The number of rotatable bonds is 17. The molecule has 0 aliphatic carbocycles. The fourth-order valence-corrected chi connectivity index (χ4v) is 19.4. The molecule has 4 heterocycles. The van der Waals surface area contributed by atoms with Gasteiger partial charge in [0.05, 0.1) is 81.4 Å². The summed E-state index contributed by atoms with van der Waals surface area (Å²) in [5, 5.41) is 34.8. The summed E-state index contributed by atoms with van der Waals surface area (Å²) in [6.45, 7) is 12.1. The van der Waals surface area contributed by atoms with Crippen molar-refractivity contribution >= 4 is 86.9 Å². The summed E-state index contributed by atoms with van der Waals surface area (Å²) in [6.07, 6.45) is 2.85. The van der Waals surface area contributed by atoms with Crippen molar-refractivity contribution in [3.63, 3.8) is 0 Å². The molecule has 107 heavy (non-hydrogen) atoms. The molecule has 0 saturated carbocycles. The zero-order valence-corrected chi connectivity index (χ0v) is 66.7. The van der Waals surface area contributed by atoms with Crippen LogP contribution in [0.2, 0.25) is 0 Å². The van der Waals surface area contributed by atoms with E-state index in [1.54, 1.807) is 76.7 Å². The second kappa shape index (κ2) is 39.6. The van der Waals surface area contributed by atoms with Crippen LogP contribution in [0.3, 0.4) is 0 Å². The number of nitrogens with zero attached hydrogens (tertiary/aromatic N) is 4. The van der Waals surface area contributed by atoms with Gasteiger partial charge in [0.1, 0.15) is 24.2 Å². The molecular weight excluding hydrogens is 1540 g/mol. The van der Waals surface area contributed by atoms with Crippen molar-refractivity contribution < 1.29 is 144 Å². The van der Waals surface area contributed by atoms with E-state index in [0.29, 0.717) is 57.5 Å². The van der Waals surface area contributed by atoms with E-state index in [2.05, 4.69) is 17.6 Å². The van der Waals surface area contributed by atoms with Crippen LogP contribution in [-0.4, -0.2) is 127 Å². The van der Waals surface area contributed by atoms with E-state index >= 15 is 0 Å². The number of carboxylic acid groups (broad SMARTS) is 3. The molecule has 4 unspecified atom stereocenters. The first kappa shape index (κ1) is 90.9. The highest BCUT2D eigenvalue weighted by Gasteiger charge is 2.41. The maximum Gasteiger partial charge on any atom is 0.373 e. The van der Waals surface area contributed by atoms with Crippen LogP contribution in [0.5, 0.6) is 0 Å². The lowest BCUT2D eigenvalue weighted by molar-refractivity contribution is -0.687. The minimum Gasteiger partial charge on any atom is -1.00 e. The van der Waals surface area contributed by atoms with Gasteiger partial charge < -0.3 is 86.2 Å². The number of hydrogen-bond acceptors (Lipinski definition) is 13. The average Bonchev–Trinajstić information content (AvgIpc) is 1.64. The maximum atomic E-state index is 13.2. The van der Waals surface area contributed by atoms with Gasteiger partial charge in [-0.1, -0.05) is 128 Å². The quantitative estimate of drug-likeness (QED) is 0.0418. The van der Waals surface area contributed by atoms with Gasteiger partial charge >= 0.3 is 24.1 Å². The molecular formula is C75H90Cl4N8O16S4. The number of carboxylic acids is 3. The smallest absolute Gasteiger partial charge is 0.373 e. The molecule has 24 nitrogen and oxygen atoms in total. The second-order valence-electron chi connectivity index (χ2n) is 25.5. The van der Waals surface area contributed by atoms with Crippen molar-refractivity contribution in [2.24, 2.45) is 0 Å². The van der Waals surface area contributed by atoms with Crippen LogP contribution >= 0.6 is 0 Å². The molecule has 578 valence electrons. The van der Waals surface area contributed by atoms with Gasteiger partial charge in [0.25, 0.3) is 40.1 Å². The highest BCUT2D eigenvalue weighted by molar-refractivity contribution is 7.93. The number of carbonyl (C=O) groups excluding carboxylic acids is 2. The van der Waals surface area contributed by atoms with Crippen molar-refractivity contribution in [3.05, 3.63) is 237 Å². The predicted octanol–water partition coefficient (Wildman–Crippen LogP) is -5.81. The third-order valence-electron chi connectivity index (χ3n) is 18.5. The lowest BCUT2D eigenvalue weighted by Gasteiger charge is -2.20. The average molecular weight is 1630 g/mol. The molecule has 0 bridgehead atoms. The second-order valence-corrected chi connectivity index (χ2v) is 33.3. The lowest BCUT2D eigenvalue weighted by Crippen LogP contribution is -3.00. The fraction of sp³-hybridized carbons (Fsp3) is 0.307. The van der Waals surface area contributed by atoms with E-state index in [-0.39, 0.29) is 109 Å². The SMILES string of the molecule is CCC[NH2+]C1c2ccccc2N(C)S(=O)(=O)c2cc(C)ccc21.Cc1ccc2c(c1)S(=O)(=O)N(C)c1ccccc1C2[NH2+]CCC(=O)O.Cc1ccc2c(c1)S(=O)(=O)N(C)c1ccccc1C2[NH2+]CCC(=O)O.Cc1ccc2c(c1)S(=O)(=O)N(C)c1ccccc1C2[NH2+]CCCCC(=O)O.O=C=O.[Cl-].[Cl-].[Cl-].[Cl-]. The van der Waals surface area contributed by atoms with Gasteiger partial charge in [0.15, 0.2) is 0 Å².